The van der Waals surface area contributed by atoms with Gasteiger partial charge in [-0.05, 0) is 79.8 Å². The number of halogens is 1. The fourth-order valence-electron chi connectivity index (χ4n) is 6.71. The van der Waals surface area contributed by atoms with Gasteiger partial charge in [0.25, 0.3) is 5.91 Å². The summed E-state index contributed by atoms with van der Waals surface area (Å²) in [6, 6.07) is 10.3. The highest BCUT2D eigenvalue weighted by atomic mass is 19.1. The van der Waals surface area contributed by atoms with E-state index < -0.39 is 5.91 Å². The fraction of sp³-hybridized carbons (Fsp3) is 0.485. The van der Waals surface area contributed by atoms with Crippen LogP contribution < -0.4 is 16.8 Å². The van der Waals surface area contributed by atoms with Crippen molar-refractivity contribution < 1.29 is 18.8 Å². The van der Waals surface area contributed by atoms with Crippen molar-refractivity contribution in [3.8, 4) is 11.1 Å². The summed E-state index contributed by atoms with van der Waals surface area (Å²) >= 11 is 0. The lowest BCUT2D eigenvalue weighted by molar-refractivity contribution is 0.0816. The normalized spacial score (nSPS) is 18.6. The number of nitrogens with zero attached hydrogens (tertiary/aromatic N) is 2. The first-order valence-electron chi connectivity index (χ1n) is 15.2. The predicted octanol–water partition coefficient (Wildman–Crippen LogP) is 6.45. The Hall–Kier alpha value is -3.88. The van der Waals surface area contributed by atoms with E-state index in [0.717, 1.165) is 66.7 Å². The highest BCUT2D eigenvalue weighted by Gasteiger charge is 2.35. The molecule has 224 valence electrons. The maximum absolute atomic E-state index is 14.2. The van der Waals surface area contributed by atoms with Crippen LogP contribution in [0.3, 0.4) is 0 Å². The lowest BCUT2D eigenvalue weighted by Crippen LogP contribution is -2.39. The van der Waals surface area contributed by atoms with Crippen LogP contribution in [0.15, 0.2) is 36.4 Å². The van der Waals surface area contributed by atoms with Crippen LogP contribution in [0.4, 0.5) is 14.9 Å². The highest BCUT2D eigenvalue weighted by molar-refractivity contribution is 6.06. The number of urea groups is 1. The molecule has 42 heavy (non-hydrogen) atoms. The summed E-state index contributed by atoms with van der Waals surface area (Å²) in [5.74, 6) is -0.852. The van der Waals surface area contributed by atoms with Crippen LogP contribution in [0.25, 0.3) is 22.0 Å². The minimum atomic E-state index is -0.470. The molecule has 5 N–H and O–H groups in total. The molecule has 0 atom stereocenters. The van der Waals surface area contributed by atoms with Crippen molar-refractivity contribution in [1.29, 1.82) is 0 Å². The van der Waals surface area contributed by atoms with Gasteiger partial charge in [-0.15, -0.1) is 0 Å². The molecule has 3 heterocycles. The largest absolute Gasteiger partial charge is 0.382 e. The molecule has 0 radical (unpaired) electrons. The number of rotatable bonds is 4. The zero-order valence-corrected chi connectivity index (χ0v) is 24.7. The molecule has 9 heteroatoms. The average molecular weight is 576 g/mol. The highest BCUT2D eigenvalue weighted by Crippen LogP contribution is 2.43. The third-order valence-corrected chi connectivity index (χ3v) is 8.76. The molecule has 6 rings (SSSR count). The molecule has 3 aliphatic rings. The Labute approximate surface area is 246 Å². The first kappa shape index (κ1) is 29.6. The number of carbonyl (C=O) groups excluding carboxylic acids is 3. The second-order valence-corrected chi connectivity index (χ2v) is 12.7. The van der Waals surface area contributed by atoms with Gasteiger partial charge >= 0.3 is 6.03 Å². The minimum absolute atomic E-state index is 0.0163. The van der Waals surface area contributed by atoms with Crippen LogP contribution in [0, 0.1) is 11.2 Å². The number of benzene rings is 2. The van der Waals surface area contributed by atoms with Crippen molar-refractivity contribution in [2.45, 2.75) is 84.1 Å². The van der Waals surface area contributed by atoms with Gasteiger partial charge in [0.1, 0.15) is 5.82 Å². The second kappa shape index (κ2) is 12.2. The van der Waals surface area contributed by atoms with Gasteiger partial charge in [-0.1, -0.05) is 39.2 Å². The molecule has 1 aliphatic carbocycles. The van der Waals surface area contributed by atoms with Gasteiger partial charge in [-0.3, -0.25) is 14.2 Å². The Morgan fingerprint density at radius 1 is 0.929 bits per heavy atom. The van der Waals surface area contributed by atoms with Crippen LogP contribution >= 0.6 is 0 Å². The Morgan fingerprint density at radius 2 is 1.62 bits per heavy atom. The molecule has 2 aromatic carbocycles. The van der Waals surface area contributed by atoms with E-state index in [4.69, 9.17) is 11.5 Å². The van der Waals surface area contributed by atoms with E-state index in [0.29, 0.717) is 30.0 Å². The summed E-state index contributed by atoms with van der Waals surface area (Å²) in [5, 5.41) is 4.40. The Kier molecular flexibility index (Phi) is 8.57. The van der Waals surface area contributed by atoms with E-state index >= 15 is 0 Å². The predicted molar refractivity (Wildman–Crippen MR) is 164 cm³/mol. The van der Waals surface area contributed by atoms with Gasteiger partial charge in [-0.25, -0.2) is 9.18 Å². The maximum atomic E-state index is 14.2. The lowest BCUT2D eigenvalue weighted by Gasteiger charge is -2.30. The summed E-state index contributed by atoms with van der Waals surface area (Å²) < 4.78 is 15.9. The number of likely N-dealkylation sites (tertiary alicyclic amines) is 1. The number of anilines is 1. The second-order valence-electron chi connectivity index (χ2n) is 12.7. The van der Waals surface area contributed by atoms with Gasteiger partial charge in [-0.2, -0.15) is 0 Å². The molecule has 1 saturated carbocycles. The van der Waals surface area contributed by atoms with E-state index in [1.165, 1.54) is 37.8 Å². The molecule has 0 bridgehead atoms. The number of primary amides is 2. The third-order valence-electron chi connectivity index (χ3n) is 8.76. The van der Waals surface area contributed by atoms with E-state index in [1.807, 2.05) is 12.1 Å². The number of piperidine rings is 1. The molecule has 8 nitrogen and oxygen atoms in total. The van der Waals surface area contributed by atoms with Crippen LogP contribution in [0.2, 0.25) is 0 Å². The fourth-order valence-corrected chi connectivity index (χ4v) is 6.71. The van der Waals surface area contributed by atoms with E-state index in [9.17, 15) is 18.8 Å². The Morgan fingerprint density at radius 3 is 2.26 bits per heavy atom. The number of hydrogen-bond donors (Lipinski definition) is 3. The Bertz CT molecular complexity index is 1500. The number of aromatic nitrogens is 1. The third kappa shape index (κ3) is 6.30. The minimum Gasteiger partial charge on any atom is -0.382 e. The monoisotopic (exact) mass is 575 g/mol. The van der Waals surface area contributed by atoms with Crippen molar-refractivity contribution in [2.75, 3.05) is 18.4 Å². The summed E-state index contributed by atoms with van der Waals surface area (Å²) in [4.78, 5) is 37.5. The maximum Gasteiger partial charge on any atom is 0.314 e. The van der Waals surface area contributed by atoms with E-state index in [1.54, 1.807) is 21.6 Å². The van der Waals surface area contributed by atoms with Gasteiger partial charge < -0.3 is 21.7 Å². The van der Waals surface area contributed by atoms with Crippen LogP contribution in [-0.4, -0.2) is 46.4 Å². The van der Waals surface area contributed by atoms with Crippen LogP contribution in [0.5, 0.6) is 0 Å². The summed E-state index contributed by atoms with van der Waals surface area (Å²) in [5.41, 5.74) is 15.1. The average Bonchev–Trinajstić information content (AvgIpc) is 3.26. The molecule has 1 saturated heterocycles. The summed E-state index contributed by atoms with van der Waals surface area (Å²) in [7, 11) is 0. The van der Waals surface area contributed by atoms with Gasteiger partial charge in [0.2, 0.25) is 5.91 Å². The van der Waals surface area contributed by atoms with Crippen molar-refractivity contribution in [1.82, 2.24) is 9.47 Å². The van der Waals surface area contributed by atoms with Gasteiger partial charge in [0.05, 0.1) is 11.1 Å². The molecule has 0 spiro atoms. The SMILES string of the molecule is CC1(C)CC(=O)n2c(c(-c3ccc(C(N)=O)c(NC4CCCCC4)c3)c3ccc(F)cc32)C1.NC(=O)N1CCCCC1. The number of amides is 3. The lowest BCUT2D eigenvalue weighted by atomic mass is 9.80. The first-order valence-corrected chi connectivity index (χ1v) is 15.2. The first-order chi connectivity index (χ1) is 20.0. The molecule has 2 aliphatic heterocycles. The number of fused-ring (bicyclic) bond motifs is 3. The van der Waals surface area contributed by atoms with Crippen molar-refractivity contribution in [3.63, 3.8) is 0 Å². The van der Waals surface area contributed by atoms with E-state index in [2.05, 4.69) is 19.2 Å². The molecule has 1 aromatic heterocycles. The van der Waals surface area contributed by atoms with E-state index in [-0.39, 0.29) is 23.2 Å². The number of carbonyl (C=O) groups is 3. The number of nitrogens with two attached hydrogens (primary N) is 2. The van der Waals surface area contributed by atoms with Crippen LogP contribution in [0.1, 0.15) is 92.5 Å². The molecule has 0 unspecified atom stereocenters. The summed E-state index contributed by atoms with van der Waals surface area (Å²) in [6.07, 6.45) is 10.3. The molecule has 3 amide bonds. The zero-order chi connectivity index (χ0) is 30.0. The number of hydrogen-bond acceptors (Lipinski definition) is 4. The van der Waals surface area contributed by atoms with Crippen molar-refractivity contribution in [3.05, 3.63) is 53.5 Å². The molecule has 3 aromatic rings. The molecular weight excluding hydrogens is 533 g/mol. The summed E-state index contributed by atoms with van der Waals surface area (Å²) in [6.45, 7) is 5.88. The quantitative estimate of drug-likeness (QED) is 0.331. The topological polar surface area (TPSA) is 123 Å². The van der Waals surface area contributed by atoms with Gasteiger partial charge in [0.15, 0.2) is 0 Å². The van der Waals surface area contributed by atoms with Gasteiger partial charge in [0, 0.05) is 47.9 Å². The molecular formula is C33H42FN5O3. The number of nitrogens with one attached hydrogen (secondary N) is 1. The standard InChI is InChI=1S/C27H30FN3O2.C6H12N2O/c1-27(2)14-23-25(20-11-9-17(28)13-22(20)31(23)24(32)15-27)16-8-10-19(26(29)33)21(12-16)30-18-6-4-3-5-7-18;7-6(9)8-4-2-1-3-5-8/h8-13,18,30H,3-7,14-15H2,1-2H3,(H2,29,33);1-5H2,(H2,7,9). The Balaban J connectivity index is 0.000000336. The van der Waals surface area contributed by atoms with Crippen LogP contribution in [-0.2, 0) is 6.42 Å². The smallest absolute Gasteiger partial charge is 0.314 e. The molecule has 2 fully saturated rings. The van der Waals surface area contributed by atoms with Crippen molar-refractivity contribution >= 4 is 34.4 Å². The zero-order valence-electron chi connectivity index (χ0n) is 24.7. The van der Waals surface area contributed by atoms with Crippen molar-refractivity contribution in [2.24, 2.45) is 16.9 Å².